The first-order valence-corrected chi connectivity index (χ1v) is 5.37. The number of aromatic nitrogens is 1. The Labute approximate surface area is 86.2 Å². The second kappa shape index (κ2) is 5.48. The van der Waals surface area contributed by atoms with Gasteiger partial charge in [0.1, 0.15) is 0 Å². The highest BCUT2D eigenvalue weighted by Crippen LogP contribution is 2.13. The van der Waals surface area contributed by atoms with Gasteiger partial charge in [0.25, 0.3) is 0 Å². The number of hydrogen-bond acceptors (Lipinski definition) is 0. The maximum atomic E-state index is 3.19. The Morgan fingerprint density at radius 2 is 1.79 bits per heavy atom. The van der Waals surface area contributed by atoms with E-state index in [4.69, 9.17) is 0 Å². The van der Waals surface area contributed by atoms with E-state index in [9.17, 15) is 0 Å². The zero-order valence-electron chi connectivity index (χ0n) is 9.30. The molecule has 0 aliphatic heterocycles. The van der Waals surface area contributed by atoms with Crippen LogP contribution in [0.3, 0.4) is 0 Å². The van der Waals surface area contributed by atoms with Gasteiger partial charge in [0.05, 0.1) is 0 Å². The zero-order chi connectivity index (χ0) is 10.4. The van der Waals surface area contributed by atoms with Gasteiger partial charge in [0.15, 0.2) is 0 Å². The van der Waals surface area contributed by atoms with Crippen LogP contribution in [0.1, 0.15) is 32.8 Å². The fraction of sp³-hybridized carbons (Fsp3) is 0.385. The van der Waals surface area contributed by atoms with Gasteiger partial charge >= 0.3 is 0 Å². The molecule has 0 saturated heterocycles. The normalized spacial score (nSPS) is 9.64. The molecule has 76 valence electrons. The lowest BCUT2D eigenvalue weighted by atomic mass is 10.1. The molecule has 14 heavy (non-hydrogen) atoms. The van der Waals surface area contributed by atoms with E-state index >= 15 is 0 Å². The number of rotatable bonds is 1. The SMILES string of the molecule is CCC.CCc1ccc2cc[nH]c2c1. The fourth-order valence-electron chi connectivity index (χ4n) is 1.31. The van der Waals surface area contributed by atoms with Crippen LogP contribution in [0.15, 0.2) is 30.5 Å². The Hall–Kier alpha value is -1.24. The highest BCUT2D eigenvalue weighted by Gasteiger charge is 1.93. The summed E-state index contributed by atoms with van der Waals surface area (Å²) >= 11 is 0. The Balaban J connectivity index is 0.000000293. The molecule has 0 amide bonds. The van der Waals surface area contributed by atoms with Crippen LogP contribution in [0.4, 0.5) is 0 Å². The van der Waals surface area contributed by atoms with Gasteiger partial charge in [-0.2, -0.15) is 0 Å². The van der Waals surface area contributed by atoms with Crippen molar-refractivity contribution in [1.29, 1.82) is 0 Å². The van der Waals surface area contributed by atoms with Gasteiger partial charge in [-0.15, -0.1) is 0 Å². The molecule has 0 bridgehead atoms. The van der Waals surface area contributed by atoms with Crippen LogP contribution in [0.5, 0.6) is 0 Å². The van der Waals surface area contributed by atoms with Crippen molar-refractivity contribution in [1.82, 2.24) is 4.98 Å². The summed E-state index contributed by atoms with van der Waals surface area (Å²) in [6.45, 7) is 6.42. The van der Waals surface area contributed by atoms with Crippen molar-refractivity contribution in [3.8, 4) is 0 Å². The molecule has 0 fully saturated rings. The van der Waals surface area contributed by atoms with Crippen molar-refractivity contribution in [2.45, 2.75) is 33.6 Å². The van der Waals surface area contributed by atoms with Crippen molar-refractivity contribution < 1.29 is 0 Å². The molecule has 1 aromatic carbocycles. The lowest BCUT2D eigenvalue weighted by Gasteiger charge is -1.94. The molecule has 0 atom stereocenters. The zero-order valence-corrected chi connectivity index (χ0v) is 9.30. The first-order chi connectivity index (χ1) is 6.81. The fourth-order valence-corrected chi connectivity index (χ4v) is 1.31. The second-order valence-electron chi connectivity index (χ2n) is 3.46. The van der Waals surface area contributed by atoms with Crippen molar-refractivity contribution in [2.24, 2.45) is 0 Å². The summed E-state index contributed by atoms with van der Waals surface area (Å²) < 4.78 is 0. The van der Waals surface area contributed by atoms with E-state index in [1.807, 2.05) is 6.20 Å². The number of benzene rings is 1. The van der Waals surface area contributed by atoms with Gasteiger partial charge in [0.2, 0.25) is 0 Å². The Bertz CT molecular complexity index is 373. The van der Waals surface area contributed by atoms with Crippen LogP contribution in [-0.4, -0.2) is 4.98 Å². The third-order valence-corrected chi connectivity index (χ3v) is 2.03. The molecular weight excluding hydrogens is 170 g/mol. The Kier molecular flexibility index (Phi) is 4.24. The predicted molar refractivity (Wildman–Crippen MR) is 63.6 cm³/mol. The minimum atomic E-state index is 1.11. The summed E-state index contributed by atoms with van der Waals surface area (Å²) in [5.41, 5.74) is 2.63. The van der Waals surface area contributed by atoms with Gasteiger partial charge in [-0.25, -0.2) is 0 Å². The first-order valence-electron chi connectivity index (χ1n) is 5.37. The summed E-state index contributed by atoms with van der Waals surface area (Å²) in [6.07, 6.45) is 4.33. The molecule has 0 saturated carbocycles. The molecule has 1 N–H and O–H groups in total. The van der Waals surface area contributed by atoms with Crippen LogP contribution in [0.25, 0.3) is 10.9 Å². The van der Waals surface area contributed by atoms with Gasteiger partial charge in [-0.1, -0.05) is 39.3 Å². The molecule has 0 aliphatic carbocycles. The smallest absolute Gasteiger partial charge is 0.0456 e. The summed E-state index contributed by atoms with van der Waals surface area (Å²) in [7, 11) is 0. The third kappa shape index (κ3) is 2.63. The largest absolute Gasteiger partial charge is 0.361 e. The number of aryl methyl sites for hydroxylation is 1. The first kappa shape index (κ1) is 10.8. The third-order valence-electron chi connectivity index (χ3n) is 2.03. The van der Waals surface area contributed by atoms with Crippen molar-refractivity contribution in [3.63, 3.8) is 0 Å². The van der Waals surface area contributed by atoms with E-state index in [-0.39, 0.29) is 0 Å². The van der Waals surface area contributed by atoms with E-state index in [0.29, 0.717) is 0 Å². The highest BCUT2D eigenvalue weighted by atomic mass is 14.7. The summed E-state index contributed by atoms with van der Waals surface area (Å²) in [6, 6.07) is 8.63. The van der Waals surface area contributed by atoms with Gasteiger partial charge in [0, 0.05) is 11.7 Å². The van der Waals surface area contributed by atoms with Gasteiger partial charge in [-0.05, 0) is 29.5 Å². The number of nitrogens with one attached hydrogen (secondary N) is 1. The maximum Gasteiger partial charge on any atom is 0.0456 e. The summed E-state index contributed by atoms with van der Waals surface area (Å²) in [5, 5.41) is 1.29. The standard InChI is InChI=1S/C10H11N.C3H8/c1-2-8-3-4-9-5-6-11-10(9)7-8;1-3-2/h3-7,11H,2H2,1H3;3H2,1-2H3. The van der Waals surface area contributed by atoms with Crippen LogP contribution in [0, 0.1) is 0 Å². The molecule has 1 heterocycles. The van der Waals surface area contributed by atoms with Crippen LogP contribution < -0.4 is 0 Å². The van der Waals surface area contributed by atoms with Crippen molar-refractivity contribution in [2.75, 3.05) is 0 Å². The number of fused-ring (bicyclic) bond motifs is 1. The quantitative estimate of drug-likeness (QED) is 0.693. The average Bonchev–Trinajstić information content (AvgIpc) is 2.65. The number of aromatic amines is 1. The Morgan fingerprint density at radius 3 is 2.43 bits per heavy atom. The predicted octanol–water partition coefficient (Wildman–Crippen LogP) is 4.15. The molecule has 1 nitrogen and oxygen atoms in total. The van der Waals surface area contributed by atoms with Crippen molar-refractivity contribution in [3.05, 3.63) is 36.0 Å². The van der Waals surface area contributed by atoms with Crippen molar-refractivity contribution >= 4 is 10.9 Å². The molecule has 2 aromatic rings. The van der Waals surface area contributed by atoms with Crippen LogP contribution >= 0.6 is 0 Å². The molecule has 0 spiro atoms. The lowest BCUT2D eigenvalue weighted by molar-refractivity contribution is 1.09. The molecule has 0 unspecified atom stereocenters. The highest BCUT2D eigenvalue weighted by molar-refractivity contribution is 5.79. The minimum Gasteiger partial charge on any atom is -0.361 e. The molecule has 0 radical (unpaired) electrons. The molecule has 1 heteroatoms. The van der Waals surface area contributed by atoms with Crippen LogP contribution in [0.2, 0.25) is 0 Å². The number of H-pyrrole nitrogens is 1. The van der Waals surface area contributed by atoms with Gasteiger partial charge < -0.3 is 4.98 Å². The second-order valence-corrected chi connectivity index (χ2v) is 3.46. The van der Waals surface area contributed by atoms with E-state index in [1.165, 1.54) is 22.9 Å². The van der Waals surface area contributed by atoms with E-state index < -0.39 is 0 Å². The lowest BCUT2D eigenvalue weighted by Crippen LogP contribution is -1.77. The molecule has 2 rings (SSSR count). The molecular formula is C13H19N. The van der Waals surface area contributed by atoms with E-state index in [1.54, 1.807) is 0 Å². The summed E-state index contributed by atoms with van der Waals surface area (Å²) in [4.78, 5) is 3.19. The van der Waals surface area contributed by atoms with E-state index in [2.05, 4.69) is 50.0 Å². The maximum absolute atomic E-state index is 3.19. The molecule has 1 aromatic heterocycles. The molecule has 0 aliphatic rings. The monoisotopic (exact) mass is 189 g/mol. The average molecular weight is 189 g/mol. The summed E-state index contributed by atoms with van der Waals surface area (Å²) in [5.74, 6) is 0. The van der Waals surface area contributed by atoms with Crippen LogP contribution in [-0.2, 0) is 6.42 Å². The minimum absolute atomic E-state index is 1.11. The number of hydrogen-bond donors (Lipinski definition) is 1. The Morgan fingerprint density at radius 1 is 1.07 bits per heavy atom. The topological polar surface area (TPSA) is 15.8 Å². The van der Waals surface area contributed by atoms with E-state index in [0.717, 1.165) is 6.42 Å². The van der Waals surface area contributed by atoms with Gasteiger partial charge in [-0.3, -0.25) is 0 Å².